The van der Waals surface area contributed by atoms with E-state index in [1.54, 1.807) is 0 Å². The van der Waals surface area contributed by atoms with Crippen molar-refractivity contribution in [1.82, 2.24) is 15.3 Å². The molecule has 0 saturated heterocycles. The minimum absolute atomic E-state index is 0.145. The molecule has 1 atom stereocenters. The zero-order valence-corrected chi connectivity index (χ0v) is 11.2. The second-order valence-corrected chi connectivity index (χ2v) is 4.79. The van der Waals surface area contributed by atoms with Gasteiger partial charge >= 0.3 is 0 Å². The van der Waals surface area contributed by atoms with Gasteiger partial charge in [0.15, 0.2) is 0 Å². The fourth-order valence-corrected chi connectivity index (χ4v) is 2.46. The zero-order chi connectivity index (χ0) is 13.2. The van der Waals surface area contributed by atoms with Gasteiger partial charge in [0.2, 0.25) is 0 Å². The average Bonchev–Trinajstić information content (AvgIpc) is 2.82. The molecule has 2 aromatic rings. The molecule has 19 heavy (non-hydrogen) atoms. The molecule has 0 aliphatic carbocycles. The van der Waals surface area contributed by atoms with E-state index >= 15 is 0 Å². The van der Waals surface area contributed by atoms with E-state index in [0.29, 0.717) is 6.61 Å². The molecule has 0 bridgehead atoms. The molecular formula is C15H17N3O. The molecule has 0 fully saturated rings. The van der Waals surface area contributed by atoms with Gasteiger partial charge in [0.05, 0.1) is 11.6 Å². The molecule has 1 aliphatic rings. The van der Waals surface area contributed by atoms with Crippen LogP contribution in [0.25, 0.3) is 0 Å². The summed E-state index contributed by atoms with van der Waals surface area (Å²) in [5.41, 5.74) is 3.21. The highest BCUT2D eigenvalue weighted by Gasteiger charge is 2.27. The quantitative estimate of drug-likeness (QED) is 0.911. The minimum Gasteiger partial charge on any atom is -0.492 e. The molecule has 0 radical (unpaired) electrons. The Morgan fingerprint density at radius 2 is 2.16 bits per heavy atom. The molecule has 0 saturated carbocycles. The Bertz CT molecular complexity index is 598. The highest BCUT2D eigenvalue weighted by molar-refractivity contribution is 5.42. The van der Waals surface area contributed by atoms with Crippen LogP contribution in [-0.4, -0.2) is 23.6 Å². The Balaban J connectivity index is 1.99. The van der Waals surface area contributed by atoms with Crippen molar-refractivity contribution in [2.75, 3.05) is 13.7 Å². The standard InChI is InChI=1S/C15H17N3O/c1-10-7-11(8-16-2)18-15(17-10)13-9-19-14-6-4-3-5-12(13)14/h3-7,13,16H,8-9H2,1-2H3. The summed E-state index contributed by atoms with van der Waals surface area (Å²) in [7, 11) is 1.92. The average molecular weight is 255 g/mol. The molecule has 2 heterocycles. The largest absolute Gasteiger partial charge is 0.492 e. The van der Waals surface area contributed by atoms with E-state index < -0.39 is 0 Å². The van der Waals surface area contributed by atoms with Gasteiger partial charge in [-0.3, -0.25) is 0 Å². The number of fused-ring (bicyclic) bond motifs is 1. The first-order valence-electron chi connectivity index (χ1n) is 6.48. The lowest BCUT2D eigenvalue weighted by Crippen LogP contribution is -2.13. The Morgan fingerprint density at radius 3 is 3.00 bits per heavy atom. The number of rotatable bonds is 3. The number of aryl methyl sites for hydroxylation is 1. The van der Waals surface area contributed by atoms with Crippen LogP contribution in [0.15, 0.2) is 30.3 Å². The van der Waals surface area contributed by atoms with Crippen LogP contribution in [0.2, 0.25) is 0 Å². The Labute approximate surface area is 112 Å². The second kappa shape index (κ2) is 4.97. The van der Waals surface area contributed by atoms with E-state index in [4.69, 9.17) is 4.74 Å². The Morgan fingerprint density at radius 1 is 1.32 bits per heavy atom. The Hall–Kier alpha value is -1.94. The first-order chi connectivity index (χ1) is 9.28. The summed E-state index contributed by atoms with van der Waals surface area (Å²) < 4.78 is 5.71. The van der Waals surface area contributed by atoms with E-state index in [0.717, 1.165) is 29.5 Å². The van der Waals surface area contributed by atoms with Crippen LogP contribution < -0.4 is 10.1 Å². The van der Waals surface area contributed by atoms with Gasteiger partial charge in [-0.05, 0) is 26.1 Å². The topological polar surface area (TPSA) is 47.0 Å². The van der Waals surface area contributed by atoms with Crippen molar-refractivity contribution >= 4 is 0 Å². The fraction of sp³-hybridized carbons (Fsp3) is 0.333. The highest BCUT2D eigenvalue weighted by Crippen LogP contribution is 2.36. The number of nitrogens with one attached hydrogen (secondary N) is 1. The molecule has 1 unspecified atom stereocenters. The van der Waals surface area contributed by atoms with Crippen LogP contribution in [0.3, 0.4) is 0 Å². The number of benzene rings is 1. The second-order valence-electron chi connectivity index (χ2n) is 4.79. The molecule has 1 N–H and O–H groups in total. The van der Waals surface area contributed by atoms with E-state index in [1.165, 1.54) is 5.56 Å². The third-order valence-electron chi connectivity index (χ3n) is 3.29. The van der Waals surface area contributed by atoms with Gasteiger partial charge in [0.1, 0.15) is 18.2 Å². The first-order valence-corrected chi connectivity index (χ1v) is 6.48. The van der Waals surface area contributed by atoms with E-state index in [-0.39, 0.29) is 5.92 Å². The van der Waals surface area contributed by atoms with Crippen molar-refractivity contribution in [3.05, 3.63) is 53.1 Å². The maximum Gasteiger partial charge on any atom is 0.139 e. The van der Waals surface area contributed by atoms with Gasteiger partial charge in [-0.2, -0.15) is 0 Å². The zero-order valence-electron chi connectivity index (χ0n) is 11.2. The van der Waals surface area contributed by atoms with Crippen molar-refractivity contribution < 1.29 is 4.74 Å². The summed E-state index contributed by atoms with van der Waals surface area (Å²) in [6.07, 6.45) is 0. The maximum absolute atomic E-state index is 5.71. The van der Waals surface area contributed by atoms with Crippen molar-refractivity contribution in [3.63, 3.8) is 0 Å². The normalized spacial score (nSPS) is 17.1. The fourth-order valence-electron chi connectivity index (χ4n) is 2.46. The lowest BCUT2D eigenvalue weighted by Gasteiger charge is -2.10. The SMILES string of the molecule is CNCc1cc(C)nc(C2COc3ccccc32)n1. The van der Waals surface area contributed by atoms with Crippen LogP contribution in [0, 0.1) is 6.92 Å². The van der Waals surface area contributed by atoms with Crippen molar-refractivity contribution in [2.45, 2.75) is 19.4 Å². The summed E-state index contributed by atoms with van der Waals surface area (Å²) in [5, 5.41) is 3.13. The first kappa shape index (κ1) is 12.1. The molecular weight excluding hydrogens is 238 g/mol. The van der Waals surface area contributed by atoms with Crippen LogP contribution in [0.1, 0.15) is 28.7 Å². The van der Waals surface area contributed by atoms with Gasteiger partial charge < -0.3 is 10.1 Å². The smallest absolute Gasteiger partial charge is 0.139 e. The van der Waals surface area contributed by atoms with Crippen LogP contribution in [-0.2, 0) is 6.54 Å². The summed E-state index contributed by atoms with van der Waals surface area (Å²) in [5.74, 6) is 1.95. The monoisotopic (exact) mass is 255 g/mol. The van der Waals surface area contributed by atoms with Crippen LogP contribution in [0.5, 0.6) is 5.75 Å². The van der Waals surface area contributed by atoms with Gasteiger partial charge in [-0.25, -0.2) is 9.97 Å². The predicted octanol–water partition coefficient (Wildman–Crippen LogP) is 2.03. The maximum atomic E-state index is 5.71. The molecule has 1 aliphatic heterocycles. The third-order valence-corrected chi connectivity index (χ3v) is 3.29. The van der Waals surface area contributed by atoms with E-state index in [1.807, 2.05) is 38.2 Å². The molecule has 1 aromatic heterocycles. The van der Waals surface area contributed by atoms with Gasteiger partial charge in [-0.15, -0.1) is 0 Å². The summed E-state index contributed by atoms with van der Waals surface area (Å²) >= 11 is 0. The van der Waals surface area contributed by atoms with Gasteiger partial charge in [0, 0.05) is 17.8 Å². The number of aromatic nitrogens is 2. The summed E-state index contributed by atoms with van der Waals surface area (Å²) in [6.45, 7) is 3.39. The van der Waals surface area contributed by atoms with Crippen molar-refractivity contribution in [1.29, 1.82) is 0 Å². The van der Waals surface area contributed by atoms with Crippen LogP contribution in [0.4, 0.5) is 0 Å². The molecule has 98 valence electrons. The molecule has 1 aromatic carbocycles. The predicted molar refractivity (Wildman–Crippen MR) is 73.3 cm³/mol. The lowest BCUT2D eigenvalue weighted by molar-refractivity contribution is 0.339. The number of hydrogen-bond acceptors (Lipinski definition) is 4. The number of nitrogens with zero attached hydrogens (tertiary/aromatic N) is 2. The molecule has 4 nitrogen and oxygen atoms in total. The number of hydrogen-bond donors (Lipinski definition) is 1. The van der Waals surface area contributed by atoms with Gasteiger partial charge in [-0.1, -0.05) is 18.2 Å². The number of para-hydroxylation sites is 1. The highest BCUT2D eigenvalue weighted by atomic mass is 16.5. The van der Waals surface area contributed by atoms with Crippen molar-refractivity contribution in [3.8, 4) is 5.75 Å². The molecule has 4 heteroatoms. The molecule has 3 rings (SSSR count). The van der Waals surface area contributed by atoms with Crippen molar-refractivity contribution in [2.24, 2.45) is 0 Å². The summed E-state index contributed by atoms with van der Waals surface area (Å²) in [6, 6.07) is 10.1. The van der Waals surface area contributed by atoms with E-state index in [9.17, 15) is 0 Å². The molecule has 0 spiro atoms. The third kappa shape index (κ3) is 2.31. The van der Waals surface area contributed by atoms with Gasteiger partial charge in [0.25, 0.3) is 0 Å². The van der Waals surface area contributed by atoms with E-state index in [2.05, 4.69) is 21.4 Å². The minimum atomic E-state index is 0.145. The lowest BCUT2D eigenvalue weighted by atomic mass is 10.0. The summed E-state index contributed by atoms with van der Waals surface area (Å²) in [4.78, 5) is 9.23. The van der Waals surface area contributed by atoms with Crippen LogP contribution >= 0.6 is 0 Å². The Kier molecular flexibility index (Phi) is 3.17. The molecule has 0 amide bonds. The number of ether oxygens (including phenoxy) is 1.